The summed E-state index contributed by atoms with van der Waals surface area (Å²) >= 11 is 1.44. The van der Waals surface area contributed by atoms with Gasteiger partial charge in [0.05, 0.1) is 15.9 Å². The number of carbonyl (C=O) groups is 1. The van der Waals surface area contributed by atoms with Crippen molar-refractivity contribution in [2.24, 2.45) is 4.99 Å². The lowest BCUT2D eigenvalue weighted by Gasteiger charge is -2.08. The first-order valence-corrected chi connectivity index (χ1v) is 9.48. The second kappa shape index (κ2) is 6.70. The Morgan fingerprint density at radius 2 is 2.11 bits per heavy atom. The van der Waals surface area contributed by atoms with E-state index in [-0.39, 0.29) is 18.7 Å². The van der Waals surface area contributed by atoms with Gasteiger partial charge < -0.3 is 14.0 Å². The molecule has 1 aromatic carbocycles. The van der Waals surface area contributed by atoms with Crippen LogP contribution in [-0.2, 0) is 6.54 Å². The molecule has 3 aromatic rings. The molecule has 0 spiro atoms. The molecule has 4 rings (SSSR count). The van der Waals surface area contributed by atoms with Gasteiger partial charge in [-0.3, -0.25) is 9.48 Å². The first kappa shape index (κ1) is 17.5. The van der Waals surface area contributed by atoms with Crippen LogP contribution in [0.25, 0.3) is 10.2 Å². The smallest absolute Gasteiger partial charge is 0.297 e. The summed E-state index contributed by atoms with van der Waals surface area (Å²) in [6.45, 7) is 10.4. The molecule has 7 nitrogen and oxygen atoms in total. The van der Waals surface area contributed by atoms with Gasteiger partial charge >= 0.3 is 0 Å². The number of nitrogens with zero attached hydrogens (tertiary/aromatic N) is 4. The molecule has 0 atom stereocenters. The van der Waals surface area contributed by atoms with Gasteiger partial charge in [0.15, 0.2) is 16.3 Å². The summed E-state index contributed by atoms with van der Waals surface area (Å²) in [5.74, 6) is 1.10. The standard InChI is InChI=1S/C19H20N4O3S/c1-5-6-22-13-8-15-16(26-10-25-15)9-17(13)27-19(22)20-18(24)14-7-12(4)21-23(14)11(2)3/h5,7-9,11H,1,6,10H2,2-4H3. The molecule has 0 fully saturated rings. The summed E-state index contributed by atoms with van der Waals surface area (Å²) in [5, 5.41) is 4.40. The highest BCUT2D eigenvalue weighted by Gasteiger charge is 2.19. The van der Waals surface area contributed by atoms with Crippen LogP contribution in [0, 0.1) is 6.92 Å². The van der Waals surface area contributed by atoms with Crippen LogP contribution < -0.4 is 14.3 Å². The number of allylic oxidation sites excluding steroid dienone is 1. The van der Waals surface area contributed by atoms with Gasteiger partial charge in [-0.25, -0.2) is 0 Å². The van der Waals surface area contributed by atoms with Gasteiger partial charge in [-0.1, -0.05) is 17.4 Å². The van der Waals surface area contributed by atoms with Gasteiger partial charge in [-0.15, -0.1) is 6.58 Å². The van der Waals surface area contributed by atoms with Crippen molar-refractivity contribution in [2.75, 3.05) is 6.79 Å². The summed E-state index contributed by atoms with van der Waals surface area (Å²) in [6.07, 6.45) is 1.78. The normalized spacial score (nSPS) is 13.7. The molecule has 0 saturated carbocycles. The van der Waals surface area contributed by atoms with E-state index in [4.69, 9.17) is 9.47 Å². The zero-order valence-electron chi connectivity index (χ0n) is 15.4. The minimum atomic E-state index is -0.311. The van der Waals surface area contributed by atoms with Crippen molar-refractivity contribution in [3.05, 3.63) is 47.0 Å². The molecule has 140 valence electrons. The molecule has 0 bridgehead atoms. The van der Waals surface area contributed by atoms with Crippen molar-refractivity contribution < 1.29 is 14.3 Å². The zero-order valence-corrected chi connectivity index (χ0v) is 16.2. The monoisotopic (exact) mass is 384 g/mol. The first-order chi connectivity index (χ1) is 13.0. The van der Waals surface area contributed by atoms with E-state index in [1.807, 2.05) is 37.5 Å². The fraction of sp³-hybridized carbons (Fsp3) is 0.316. The van der Waals surface area contributed by atoms with E-state index >= 15 is 0 Å². The average molecular weight is 384 g/mol. The second-order valence-electron chi connectivity index (χ2n) is 6.58. The van der Waals surface area contributed by atoms with Crippen molar-refractivity contribution >= 4 is 27.5 Å². The molecule has 2 aromatic heterocycles. The highest BCUT2D eigenvalue weighted by atomic mass is 32.1. The number of hydrogen-bond acceptors (Lipinski definition) is 5. The van der Waals surface area contributed by atoms with E-state index < -0.39 is 0 Å². The number of rotatable bonds is 4. The molecule has 0 unspecified atom stereocenters. The third kappa shape index (κ3) is 3.06. The van der Waals surface area contributed by atoms with E-state index in [2.05, 4.69) is 16.7 Å². The fourth-order valence-corrected chi connectivity index (χ4v) is 4.11. The number of benzene rings is 1. The number of aryl methyl sites for hydroxylation is 1. The van der Waals surface area contributed by atoms with Crippen LogP contribution in [0.3, 0.4) is 0 Å². The van der Waals surface area contributed by atoms with Gasteiger partial charge in [0.2, 0.25) is 6.79 Å². The molecule has 27 heavy (non-hydrogen) atoms. The molecule has 0 aliphatic carbocycles. The van der Waals surface area contributed by atoms with Crippen molar-refractivity contribution in [1.29, 1.82) is 0 Å². The van der Waals surface area contributed by atoms with Gasteiger partial charge in [0, 0.05) is 24.7 Å². The van der Waals surface area contributed by atoms with Crippen molar-refractivity contribution in [1.82, 2.24) is 14.3 Å². The maximum atomic E-state index is 12.9. The summed E-state index contributed by atoms with van der Waals surface area (Å²) in [7, 11) is 0. The third-order valence-corrected chi connectivity index (χ3v) is 5.29. The van der Waals surface area contributed by atoms with E-state index in [0.717, 1.165) is 15.9 Å². The molecule has 1 aliphatic rings. The molecule has 1 amide bonds. The Morgan fingerprint density at radius 1 is 1.37 bits per heavy atom. The number of carbonyl (C=O) groups excluding carboxylic acids is 1. The maximum Gasteiger partial charge on any atom is 0.297 e. The van der Waals surface area contributed by atoms with Gasteiger partial charge in [-0.2, -0.15) is 10.1 Å². The lowest BCUT2D eigenvalue weighted by molar-refractivity contribution is 0.0986. The number of ether oxygens (including phenoxy) is 2. The molecule has 8 heteroatoms. The Labute approximate surface area is 160 Å². The summed E-state index contributed by atoms with van der Waals surface area (Å²) in [6, 6.07) is 5.69. The summed E-state index contributed by atoms with van der Waals surface area (Å²) in [5.41, 5.74) is 2.21. The number of aromatic nitrogens is 3. The number of hydrogen-bond donors (Lipinski definition) is 0. The zero-order chi connectivity index (χ0) is 19.1. The van der Waals surface area contributed by atoms with E-state index in [9.17, 15) is 4.79 Å². The minimum absolute atomic E-state index is 0.0767. The van der Waals surface area contributed by atoms with Crippen molar-refractivity contribution in [2.45, 2.75) is 33.4 Å². The predicted molar refractivity (Wildman–Crippen MR) is 103 cm³/mol. The average Bonchev–Trinajstić information content (AvgIpc) is 3.31. The SMILES string of the molecule is C=CCn1c(=NC(=O)c2cc(C)nn2C(C)C)sc2cc3c(cc21)OCO3. The molecular weight excluding hydrogens is 364 g/mol. The number of fused-ring (bicyclic) bond motifs is 2. The fourth-order valence-electron chi connectivity index (χ4n) is 3.06. The van der Waals surface area contributed by atoms with Crippen LogP contribution in [0.1, 0.15) is 36.1 Å². The summed E-state index contributed by atoms with van der Waals surface area (Å²) in [4.78, 5) is 17.9. The molecule has 0 saturated heterocycles. The van der Waals surface area contributed by atoms with Crippen LogP contribution in [0.2, 0.25) is 0 Å². The highest BCUT2D eigenvalue weighted by Crippen LogP contribution is 2.37. The van der Waals surface area contributed by atoms with E-state index in [0.29, 0.717) is 28.5 Å². The predicted octanol–water partition coefficient (Wildman–Crippen LogP) is 3.44. The van der Waals surface area contributed by atoms with Gasteiger partial charge in [-0.05, 0) is 26.8 Å². The summed E-state index contributed by atoms with van der Waals surface area (Å²) < 4.78 is 15.6. The van der Waals surface area contributed by atoms with E-state index in [1.165, 1.54) is 11.3 Å². The molecule has 1 aliphatic heterocycles. The first-order valence-electron chi connectivity index (χ1n) is 8.67. The lowest BCUT2D eigenvalue weighted by atomic mass is 10.3. The Hall–Kier alpha value is -2.87. The number of amides is 1. The minimum Gasteiger partial charge on any atom is -0.454 e. The molecule has 0 N–H and O–H groups in total. The van der Waals surface area contributed by atoms with Crippen LogP contribution in [0.15, 0.2) is 35.8 Å². The molecule has 3 heterocycles. The van der Waals surface area contributed by atoms with Gasteiger partial charge in [0.1, 0.15) is 5.69 Å². The van der Waals surface area contributed by atoms with Crippen LogP contribution in [-0.4, -0.2) is 27.0 Å². The third-order valence-electron chi connectivity index (χ3n) is 4.25. The highest BCUT2D eigenvalue weighted by molar-refractivity contribution is 7.16. The van der Waals surface area contributed by atoms with Crippen LogP contribution in [0.5, 0.6) is 11.5 Å². The molecular formula is C19H20N4O3S. The second-order valence-corrected chi connectivity index (χ2v) is 7.59. The van der Waals surface area contributed by atoms with Crippen molar-refractivity contribution in [3.63, 3.8) is 0 Å². The topological polar surface area (TPSA) is 70.6 Å². The van der Waals surface area contributed by atoms with E-state index in [1.54, 1.807) is 16.8 Å². The number of thiazole rings is 1. The Bertz CT molecular complexity index is 1120. The Balaban J connectivity index is 1.86. The van der Waals surface area contributed by atoms with Crippen molar-refractivity contribution in [3.8, 4) is 11.5 Å². The Morgan fingerprint density at radius 3 is 2.81 bits per heavy atom. The maximum absolute atomic E-state index is 12.9. The van der Waals surface area contributed by atoms with Gasteiger partial charge in [0.25, 0.3) is 5.91 Å². The molecule has 0 radical (unpaired) electrons. The largest absolute Gasteiger partial charge is 0.454 e. The quantitative estimate of drug-likeness (QED) is 0.646. The van der Waals surface area contributed by atoms with Crippen LogP contribution in [0.4, 0.5) is 0 Å². The lowest BCUT2D eigenvalue weighted by Crippen LogP contribution is -2.18. The Kier molecular flexibility index (Phi) is 4.35. The van der Waals surface area contributed by atoms with Crippen LogP contribution >= 0.6 is 11.3 Å².